The van der Waals surface area contributed by atoms with Crippen LogP contribution in [0.4, 0.5) is 0 Å². The summed E-state index contributed by atoms with van der Waals surface area (Å²) in [7, 11) is 1.69. The largest absolute Gasteiger partial charge is 0.493 e. The molecule has 1 fully saturated rings. The Kier molecular flexibility index (Phi) is 7.79. The first-order valence-electron chi connectivity index (χ1n) is 13.5. The summed E-state index contributed by atoms with van der Waals surface area (Å²) in [5.74, 6) is 2.14. The zero-order valence-corrected chi connectivity index (χ0v) is 23.6. The molecule has 38 heavy (non-hydrogen) atoms. The second-order valence-electron chi connectivity index (χ2n) is 10.5. The lowest BCUT2D eigenvalue weighted by molar-refractivity contribution is -0.128. The van der Waals surface area contributed by atoms with E-state index in [0.29, 0.717) is 44.4 Å². The summed E-state index contributed by atoms with van der Waals surface area (Å²) in [5.41, 5.74) is 5.14. The topological polar surface area (TPSA) is 64.0 Å². The third kappa shape index (κ3) is 5.19. The average molecular weight is 536 g/mol. The number of ether oxygens (including phenoxy) is 2. The van der Waals surface area contributed by atoms with Gasteiger partial charge in [-0.1, -0.05) is 19.9 Å². The lowest BCUT2D eigenvalue weighted by Crippen LogP contribution is -2.37. The molecule has 0 N–H and O–H groups in total. The Bertz CT molecular complexity index is 1310. The monoisotopic (exact) mass is 535 g/mol. The van der Waals surface area contributed by atoms with Crippen LogP contribution in [0, 0.1) is 5.92 Å². The molecule has 4 heterocycles. The molecule has 0 atom stereocenters. The van der Waals surface area contributed by atoms with Gasteiger partial charge in [-0.15, -0.1) is 11.3 Å². The van der Waals surface area contributed by atoms with Gasteiger partial charge in [-0.3, -0.25) is 9.59 Å². The molecular formula is C30H37N3O4S. The average Bonchev–Trinajstić information content (AvgIpc) is 3.49. The standard InChI is InChI=1S/C30H37N3O4S/c1-20(2)9-15-37-27-19-23-22(17-26(27)36-4)8-12-33-25(18-24(29(23)33)28-7-5-16-38-28)30(35)32-11-6-10-31(13-14-32)21(3)34/h5,7,16-20H,6,8-15H2,1-4H3. The molecule has 2 aliphatic rings. The molecule has 0 saturated carbocycles. The zero-order valence-electron chi connectivity index (χ0n) is 22.8. The van der Waals surface area contributed by atoms with Gasteiger partial charge in [0.25, 0.3) is 5.91 Å². The number of fused-ring (bicyclic) bond motifs is 3. The van der Waals surface area contributed by atoms with Gasteiger partial charge in [-0.25, -0.2) is 0 Å². The van der Waals surface area contributed by atoms with Crippen molar-refractivity contribution in [2.24, 2.45) is 5.92 Å². The fourth-order valence-electron chi connectivity index (χ4n) is 5.40. The number of hydrogen-bond donors (Lipinski definition) is 0. The molecule has 5 rings (SSSR count). The van der Waals surface area contributed by atoms with E-state index in [2.05, 4.69) is 54.1 Å². The van der Waals surface area contributed by atoms with Gasteiger partial charge in [0, 0.05) is 55.7 Å². The molecule has 1 aromatic carbocycles. The van der Waals surface area contributed by atoms with E-state index >= 15 is 0 Å². The van der Waals surface area contributed by atoms with Gasteiger partial charge < -0.3 is 23.8 Å². The van der Waals surface area contributed by atoms with Crippen LogP contribution < -0.4 is 9.47 Å². The number of benzene rings is 1. The number of hydrogen-bond acceptors (Lipinski definition) is 5. The number of methoxy groups -OCH3 is 1. The third-order valence-electron chi connectivity index (χ3n) is 7.53. The van der Waals surface area contributed by atoms with Crippen molar-refractivity contribution >= 4 is 23.2 Å². The smallest absolute Gasteiger partial charge is 0.270 e. The van der Waals surface area contributed by atoms with Gasteiger partial charge >= 0.3 is 0 Å². The molecule has 0 aliphatic carbocycles. The SMILES string of the molecule is COc1cc2c(cc1OCCC(C)C)-c1c(-c3cccs3)cc(C(=O)N3CCCN(C(C)=O)CC3)n1CC2. The molecule has 2 amide bonds. The lowest BCUT2D eigenvalue weighted by Gasteiger charge is -2.26. The fraction of sp³-hybridized carbons (Fsp3) is 0.467. The molecule has 0 unspecified atom stereocenters. The summed E-state index contributed by atoms with van der Waals surface area (Å²) in [6, 6.07) is 10.4. The van der Waals surface area contributed by atoms with Gasteiger partial charge in [0.05, 0.1) is 19.4 Å². The van der Waals surface area contributed by atoms with E-state index in [-0.39, 0.29) is 11.8 Å². The quantitative estimate of drug-likeness (QED) is 0.397. The van der Waals surface area contributed by atoms with E-state index in [1.807, 2.05) is 9.80 Å². The summed E-state index contributed by atoms with van der Waals surface area (Å²) in [4.78, 5) is 30.7. The maximum absolute atomic E-state index is 13.9. The summed E-state index contributed by atoms with van der Waals surface area (Å²) >= 11 is 1.68. The van der Waals surface area contributed by atoms with E-state index in [1.165, 1.54) is 5.56 Å². The maximum atomic E-state index is 13.9. The van der Waals surface area contributed by atoms with E-state index in [4.69, 9.17) is 9.47 Å². The first kappa shape index (κ1) is 26.4. The number of aromatic nitrogens is 1. The molecule has 1 saturated heterocycles. The normalized spacial score (nSPS) is 15.2. The highest BCUT2D eigenvalue weighted by Gasteiger charge is 2.31. The molecule has 3 aromatic rings. The summed E-state index contributed by atoms with van der Waals surface area (Å²) in [6.07, 6.45) is 2.56. The Morgan fingerprint density at radius 1 is 1.00 bits per heavy atom. The molecule has 8 heteroatoms. The molecular weight excluding hydrogens is 498 g/mol. The molecule has 0 bridgehead atoms. The zero-order chi connectivity index (χ0) is 26.8. The van der Waals surface area contributed by atoms with Crippen LogP contribution in [-0.4, -0.2) is 66.1 Å². The van der Waals surface area contributed by atoms with E-state index < -0.39 is 0 Å². The Hall–Kier alpha value is -3.26. The highest BCUT2D eigenvalue weighted by molar-refractivity contribution is 7.13. The van der Waals surface area contributed by atoms with Crippen molar-refractivity contribution in [3.8, 4) is 33.2 Å². The second-order valence-corrected chi connectivity index (χ2v) is 11.5. The highest BCUT2D eigenvalue weighted by atomic mass is 32.1. The van der Waals surface area contributed by atoms with Crippen LogP contribution in [-0.2, 0) is 17.8 Å². The number of amides is 2. The third-order valence-corrected chi connectivity index (χ3v) is 8.44. The van der Waals surface area contributed by atoms with Crippen LogP contribution in [0.3, 0.4) is 0 Å². The predicted molar refractivity (Wildman–Crippen MR) is 151 cm³/mol. The van der Waals surface area contributed by atoms with Gasteiger partial charge in [0.15, 0.2) is 11.5 Å². The van der Waals surface area contributed by atoms with E-state index in [0.717, 1.165) is 59.0 Å². The molecule has 0 radical (unpaired) electrons. The molecule has 202 valence electrons. The summed E-state index contributed by atoms with van der Waals surface area (Å²) in [5, 5.41) is 2.07. The first-order chi connectivity index (χ1) is 18.4. The summed E-state index contributed by atoms with van der Waals surface area (Å²) < 4.78 is 14.1. The second kappa shape index (κ2) is 11.2. The van der Waals surface area contributed by atoms with Crippen LogP contribution in [0.15, 0.2) is 35.7 Å². The Balaban J connectivity index is 1.55. The van der Waals surface area contributed by atoms with E-state index in [1.54, 1.807) is 25.4 Å². The molecule has 2 aromatic heterocycles. The van der Waals surface area contributed by atoms with Crippen LogP contribution in [0.2, 0.25) is 0 Å². The lowest BCUT2D eigenvalue weighted by atomic mass is 9.95. The van der Waals surface area contributed by atoms with Gasteiger partial charge in [-0.05, 0) is 60.4 Å². The van der Waals surface area contributed by atoms with Crippen molar-refractivity contribution in [2.75, 3.05) is 39.9 Å². The predicted octanol–water partition coefficient (Wildman–Crippen LogP) is 5.57. The van der Waals surface area contributed by atoms with Crippen molar-refractivity contribution in [3.63, 3.8) is 0 Å². The minimum Gasteiger partial charge on any atom is -0.493 e. The van der Waals surface area contributed by atoms with Crippen LogP contribution in [0.1, 0.15) is 49.7 Å². The van der Waals surface area contributed by atoms with Gasteiger partial charge in [0.1, 0.15) is 5.69 Å². The van der Waals surface area contributed by atoms with Crippen molar-refractivity contribution < 1.29 is 19.1 Å². The Morgan fingerprint density at radius 3 is 2.50 bits per heavy atom. The molecule has 0 spiro atoms. The van der Waals surface area contributed by atoms with Crippen molar-refractivity contribution in [1.29, 1.82) is 0 Å². The number of thiophene rings is 1. The Morgan fingerprint density at radius 2 is 1.79 bits per heavy atom. The van der Waals surface area contributed by atoms with Crippen LogP contribution in [0.25, 0.3) is 21.7 Å². The maximum Gasteiger partial charge on any atom is 0.270 e. The van der Waals surface area contributed by atoms with E-state index in [9.17, 15) is 9.59 Å². The molecule has 2 aliphatic heterocycles. The minimum atomic E-state index is 0.0322. The van der Waals surface area contributed by atoms with Crippen LogP contribution >= 0.6 is 11.3 Å². The van der Waals surface area contributed by atoms with Crippen molar-refractivity contribution in [2.45, 2.75) is 46.6 Å². The fourth-order valence-corrected chi connectivity index (χ4v) is 6.15. The van der Waals surface area contributed by atoms with Crippen molar-refractivity contribution in [3.05, 3.63) is 47.0 Å². The number of carbonyl (C=O) groups is 2. The number of carbonyl (C=O) groups excluding carboxylic acids is 2. The number of aryl methyl sites for hydroxylation is 1. The number of nitrogens with zero attached hydrogens (tertiary/aromatic N) is 3. The summed E-state index contributed by atoms with van der Waals surface area (Å²) in [6.45, 7) is 9.80. The Labute approximate surface area is 229 Å². The van der Waals surface area contributed by atoms with Gasteiger partial charge in [-0.2, -0.15) is 0 Å². The first-order valence-corrected chi connectivity index (χ1v) is 14.4. The van der Waals surface area contributed by atoms with Crippen molar-refractivity contribution in [1.82, 2.24) is 14.4 Å². The molecule has 7 nitrogen and oxygen atoms in total. The van der Waals surface area contributed by atoms with Crippen LogP contribution in [0.5, 0.6) is 11.5 Å². The highest BCUT2D eigenvalue weighted by Crippen LogP contribution is 2.45. The van der Waals surface area contributed by atoms with Gasteiger partial charge in [0.2, 0.25) is 5.91 Å². The minimum absolute atomic E-state index is 0.0322. The number of rotatable bonds is 7.